The van der Waals surface area contributed by atoms with Crippen molar-refractivity contribution in [2.24, 2.45) is 0 Å². The molecule has 3 N–H and O–H groups in total. The highest BCUT2D eigenvalue weighted by Gasteiger charge is 2.00. The Morgan fingerprint density at radius 3 is 3.00 bits per heavy atom. The van der Waals surface area contributed by atoms with Crippen LogP contribution in [0.15, 0.2) is 15.5 Å². The quantitative estimate of drug-likeness (QED) is 0.656. The van der Waals surface area contributed by atoms with Crippen molar-refractivity contribution in [3.63, 3.8) is 0 Å². The zero-order valence-electron chi connectivity index (χ0n) is 6.37. The first-order valence-corrected chi connectivity index (χ1v) is 4.10. The number of carboxylic acids is 1. The molecule has 1 heterocycles. The van der Waals surface area contributed by atoms with Gasteiger partial charge in [0.15, 0.2) is 0 Å². The van der Waals surface area contributed by atoms with Gasteiger partial charge in [0, 0.05) is 6.07 Å². The molecule has 0 aliphatic carbocycles. The third kappa shape index (κ3) is 3.24. The lowest BCUT2D eigenvalue weighted by Crippen LogP contribution is -2.17. The zero-order valence-corrected chi connectivity index (χ0v) is 7.96. The van der Waals surface area contributed by atoms with Crippen LogP contribution in [0.2, 0.25) is 0 Å². The van der Waals surface area contributed by atoms with E-state index in [2.05, 4.69) is 31.2 Å². The smallest absolute Gasteiger partial charge is 0.347 e. The molecule has 0 aromatic carbocycles. The average Bonchev–Trinajstić information content (AvgIpc) is 1.99. The van der Waals surface area contributed by atoms with E-state index in [1.165, 1.54) is 6.07 Å². The van der Waals surface area contributed by atoms with Gasteiger partial charge in [0.05, 0.1) is 4.60 Å². The van der Waals surface area contributed by atoms with Crippen LogP contribution < -0.4 is 11.0 Å². The van der Waals surface area contributed by atoms with E-state index in [0.717, 1.165) is 0 Å². The Hall–Kier alpha value is -1.37. The highest BCUT2D eigenvalue weighted by Crippen LogP contribution is 2.06. The molecule has 0 unspecified atom stereocenters. The van der Waals surface area contributed by atoms with Crippen LogP contribution in [0.4, 0.5) is 5.82 Å². The number of aromatic nitrogens is 2. The van der Waals surface area contributed by atoms with E-state index >= 15 is 0 Å². The van der Waals surface area contributed by atoms with Gasteiger partial charge in [-0.15, -0.1) is 0 Å². The fourth-order valence-electron chi connectivity index (χ4n) is 0.685. The summed E-state index contributed by atoms with van der Waals surface area (Å²) in [6.45, 7) is -0.275. The first-order valence-electron chi connectivity index (χ1n) is 3.30. The van der Waals surface area contributed by atoms with Gasteiger partial charge in [-0.05, 0) is 15.9 Å². The minimum atomic E-state index is -1.02. The molecule has 6 nitrogen and oxygen atoms in total. The van der Waals surface area contributed by atoms with Gasteiger partial charge >= 0.3 is 11.7 Å². The maximum atomic E-state index is 10.8. The molecular formula is C6H6BrN3O3. The van der Waals surface area contributed by atoms with E-state index in [1.807, 2.05) is 0 Å². The largest absolute Gasteiger partial charge is 0.480 e. The van der Waals surface area contributed by atoms with Crippen molar-refractivity contribution in [2.45, 2.75) is 0 Å². The minimum absolute atomic E-state index is 0.220. The Labute approximate surface area is 81.1 Å². The van der Waals surface area contributed by atoms with Crippen LogP contribution >= 0.6 is 15.9 Å². The summed E-state index contributed by atoms with van der Waals surface area (Å²) in [5, 5.41) is 10.8. The Kier molecular flexibility index (Phi) is 3.02. The SMILES string of the molecule is O=C(O)CNc1cc(Br)[nH]c(=O)n1. The fourth-order valence-corrected chi connectivity index (χ4v) is 1.07. The highest BCUT2D eigenvalue weighted by atomic mass is 79.9. The van der Waals surface area contributed by atoms with Crippen molar-refractivity contribution in [1.82, 2.24) is 9.97 Å². The van der Waals surface area contributed by atoms with E-state index in [0.29, 0.717) is 4.60 Å². The predicted molar refractivity (Wildman–Crippen MR) is 48.7 cm³/mol. The van der Waals surface area contributed by atoms with Crippen LogP contribution in [0.25, 0.3) is 0 Å². The van der Waals surface area contributed by atoms with Gasteiger partial charge in [-0.2, -0.15) is 4.98 Å². The molecule has 13 heavy (non-hydrogen) atoms. The molecule has 0 bridgehead atoms. The normalized spacial score (nSPS) is 9.62. The third-order valence-electron chi connectivity index (χ3n) is 1.13. The molecule has 0 atom stereocenters. The summed E-state index contributed by atoms with van der Waals surface area (Å²) in [4.78, 5) is 26.8. The number of halogens is 1. The first kappa shape index (κ1) is 9.72. The van der Waals surface area contributed by atoms with Gasteiger partial charge in [0.2, 0.25) is 0 Å². The number of nitrogens with zero attached hydrogens (tertiary/aromatic N) is 1. The lowest BCUT2D eigenvalue weighted by Gasteiger charge is -2.00. The molecule has 0 fully saturated rings. The van der Waals surface area contributed by atoms with Gasteiger partial charge in [-0.3, -0.25) is 9.78 Å². The highest BCUT2D eigenvalue weighted by molar-refractivity contribution is 9.10. The van der Waals surface area contributed by atoms with Gasteiger partial charge < -0.3 is 10.4 Å². The summed E-state index contributed by atoms with van der Waals surface area (Å²) < 4.78 is 0.445. The number of anilines is 1. The van der Waals surface area contributed by atoms with Crippen molar-refractivity contribution < 1.29 is 9.90 Å². The molecule has 0 radical (unpaired) electrons. The molecule has 70 valence electrons. The number of hydrogen-bond acceptors (Lipinski definition) is 4. The number of carbonyl (C=O) groups is 1. The Morgan fingerprint density at radius 2 is 2.46 bits per heavy atom. The van der Waals surface area contributed by atoms with E-state index in [9.17, 15) is 9.59 Å². The maximum Gasteiger partial charge on any atom is 0.347 e. The molecule has 0 amide bonds. The van der Waals surface area contributed by atoms with Gasteiger partial charge in [0.25, 0.3) is 0 Å². The fraction of sp³-hybridized carbons (Fsp3) is 0.167. The number of H-pyrrole nitrogens is 1. The number of hydrogen-bond donors (Lipinski definition) is 3. The monoisotopic (exact) mass is 247 g/mol. The summed E-state index contributed by atoms with van der Waals surface area (Å²) in [6, 6.07) is 1.48. The number of aliphatic carboxylic acids is 1. The predicted octanol–water partition coefficient (Wildman–Crippen LogP) is 0.0289. The standard InChI is InChI=1S/C6H6BrN3O3/c7-3-1-4(8-2-5(11)12)10-6(13)9-3/h1H,2H2,(H,11,12)(H2,8,9,10,13). The number of rotatable bonds is 3. The molecule has 0 aliphatic heterocycles. The van der Waals surface area contributed by atoms with Gasteiger partial charge in [-0.25, -0.2) is 4.79 Å². The van der Waals surface area contributed by atoms with Gasteiger partial charge in [0.1, 0.15) is 12.4 Å². The summed E-state index contributed by atoms with van der Waals surface area (Å²) >= 11 is 3.04. The van der Waals surface area contributed by atoms with Crippen LogP contribution in [-0.2, 0) is 4.79 Å². The molecule has 1 aromatic heterocycles. The molecule has 0 saturated carbocycles. The summed E-state index contributed by atoms with van der Waals surface area (Å²) in [5.41, 5.74) is -0.540. The van der Waals surface area contributed by atoms with Crippen molar-refractivity contribution >= 4 is 27.7 Å². The van der Waals surface area contributed by atoms with Crippen molar-refractivity contribution in [3.8, 4) is 0 Å². The Balaban J connectivity index is 2.77. The summed E-state index contributed by atoms with van der Waals surface area (Å²) in [7, 11) is 0. The van der Waals surface area contributed by atoms with Crippen LogP contribution in [0.1, 0.15) is 0 Å². The van der Waals surface area contributed by atoms with Crippen molar-refractivity contribution in [3.05, 3.63) is 21.2 Å². The zero-order chi connectivity index (χ0) is 9.84. The molecule has 1 rings (SSSR count). The Morgan fingerprint density at radius 1 is 1.77 bits per heavy atom. The minimum Gasteiger partial charge on any atom is -0.480 e. The van der Waals surface area contributed by atoms with E-state index < -0.39 is 11.7 Å². The van der Waals surface area contributed by atoms with E-state index in [1.54, 1.807) is 0 Å². The van der Waals surface area contributed by atoms with Crippen LogP contribution in [0.5, 0.6) is 0 Å². The second-order valence-corrected chi connectivity index (χ2v) is 3.02. The first-order chi connectivity index (χ1) is 6.08. The van der Waals surface area contributed by atoms with Crippen molar-refractivity contribution in [1.29, 1.82) is 0 Å². The Bertz CT molecular complexity index is 376. The lowest BCUT2D eigenvalue weighted by atomic mass is 10.5. The third-order valence-corrected chi connectivity index (χ3v) is 1.56. The van der Waals surface area contributed by atoms with Gasteiger partial charge in [-0.1, -0.05) is 0 Å². The van der Waals surface area contributed by atoms with E-state index in [-0.39, 0.29) is 12.4 Å². The molecule has 0 saturated heterocycles. The summed E-state index contributed by atoms with van der Waals surface area (Å²) in [6.07, 6.45) is 0. The molecular weight excluding hydrogens is 242 g/mol. The molecule has 0 aliphatic rings. The summed E-state index contributed by atoms with van der Waals surface area (Å²) in [5.74, 6) is -0.795. The topological polar surface area (TPSA) is 95.1 Å². The second-order valence-electron chi connectivity index (χ2n) is 2.17. The van der Waals surface area contributed by atoms with E-state index in [4.69, 9.17) is 5.11 Å². The average molecular weight is 248 g/mol. The molecule has 7 heteroatoms. The van der Waals surface area contributed by atoms with Crippen LogP contribution in [0, 0.1) is 0 Å². The number of nitrogens with one attached hydrogen (secondary N) is 2. The second kappa shape index (κ2) is 4.04. The lowest BCUT2D eigenvalue weighted by molar-refractivity contribution is -0.134. The molecule has 1 aromatic rings. The van der Waals surface area contributed by atoms with Crippen LogP contribution in [-0.4, -0.2) is 27.6 Å². The molecule has 0 spiro atoms. The number of aromatic amines is 1. The van der Waals surface area contributed by atoms with Crippen molar-refractivity contribution in [2.75, 3.05) is 11.9 Å². The van der Waals surface area contributed by atoms with Crippen LogP contribution in [0.3, 0.4) is 0 Å². The number of carboxylic acid groups (broad SMARTS) is 1. The maximum absolute atomic E-state index is 10.8.